The summed E-state index contributed by atoms with van der Waals surface area (Å²) in [5.74, 6) is -0.142. The van der Waals surface area contributed by atoms with Crippen LogP contribution >= 0.6 is 0 Å². The zero-order chi connectivity index (χ0) is 14.8. The van der Waals surface area contributed by atoms with Gasteiger partial charge < -0.3 is 10.1 Å². The molecule has 0 saturated heterocycles. The Morgan fingerprint density at radius 3 is 2.80 bits per heavy atom. The number of alkyl halides is 3. The molecule has 1 N–H and O–H groups in total. The maximum Gasteiger partial charge on any atom is 0.435 e. The zero-order valence-electron chi connectivity index (χ0n) is 11.0. The van der Waals surface area contributed by atoms with E-state index < -0.39 is 11.9 Å². The number of halogens is 3. The number of nitrogens with one attached hydrogen (secondary N) is 1. The van der Waals surface area contributed by atoms with E-state index >= 15 is 0 Å². The van der Waals surface area contributed by atoms with Gasteiger partial charge in [0.05, 0.1) is 6.54 Å². The summed E-state index contributed by atoms with van der Waals surface area (Å²) in [7, 11) is 1.40. The molecule has 5 nitrogen and oxygen atoms in total. The van der Waals surface area contributed by atoms with Crippen LogP contribution in [0.5, 0.6) is 0 Å². The number of rotatable bonds is 6. The molecule has 1 aromatic rings. The normalized spacial score (nSPS) is 15.4. The van der Waals surface area contributed by atoms with Gasteiger partial charge >= 0.3 is 6.18 Å². The summed E-state index contributed by atoms with van der Waals surface area (Å²) in [6, 6.07) is 1.11. The molecule has 0 aliphatic heterocycles. The number of ether oxygens (including phenoxy) is 1. The summed E-state index contributed by atoms with van der Waals surface area (Å²) in [6.07, 6.45) is -2.66. The topological polar surface area (TPSA) is 56.1 Å². The van der Waals surface area contributed by atoms with Crippen molar-refractivity contribution in [2.24, 2.45) is 0 Å². The molecule has 1 aromatic heterocycles. The molecule has 2 rings (SSSR count). The van der Waals surface area contributed by atoms with Crippen molar-refractivity contribution in [1.82, 2.24) is 15.1 Å². The number of hydrogen-bond donors (Lipinski definition) is 1. The molecule has 112 valence electrons. The number of hydrogen-bond acceptors (Lipinski definition) is 3. The van der Waals surface area contributed by atoms with Gasteiger partial charge in [0, 0.05) is 25.3 Å². The van der Waals surface area contributed by atoms with Gasteiger partial charge in [0.1, 0.15) is 6.61 Å². The van der Waals surface area contributed by atoms with Crippen molar-refractivity contribution < 1.29 is 22.7 Å². The third-order valence-corrected chi connectivity index (χ3v) is 3.02. The number of amides is 1. The van der Waals surface area contributed by atoms with Gasteiger partial charge in [-0.15, -0.1) is 0 Å². The third kappa shape index (κ3) is 3.72. The first-order valence-corrected chi connectivity index (χ1v) is 6.32. The Morgan fingerprint density at radius 1 is 1.55 bits per heavy atom. The summed E-state index contributed by atoms with van der Waals surface area (Å²) in [5.41, 5.74) is -0.277. The molecular weight excluding hydrogens is 275 g/mol. The molecule has 1 aliphatic carbocycles. The summed E-state index contributed by atoms with van der Waals surface area (Å²) >= 11 is 0. The van der Waals surface area contributed by atoms with Crippen LogP contribution in [0.2, 0.25) is 0 Å². The van der Waals surface area contributed by atoms with Crippen LogP contribution in [0.25, 0.3) is 0 Å². The number of aromatic nitrogens is 2. The highest BCUT2D eigenvalue weighted by Gasteiger charge is 2.37. The van der Waals surface area contributed by atoms with E-state index in [2.05, 4.69) is 15.2 Å². The standard InChI is InChI=1S/C12H16F3N3O2/c1-20-7-11(19)16-4-5-18-9(8-2-3-8)6-10(17-18)12(13,14)15/h6,8H,2-5,7H2,1H3,(H,16,19). The second-order valence-electron chi connectivity index (χ2n) is 4.73. The minimum atomic E-state index is -4.44. The zero-order valence-corrected chi connectivity index (χ0v) is 11.0. The van der Waals surface area contributed by atoms with Crippen LogP contribution in [0.4, 0.5) is 13.2 Å². The molecular formula is C12H16F3N3O2. The van der Waals surface area contributed by atoms with Crippen LogP contribution in [-0.4, -0.2) is 35.9 Å². The lowest BCUT2D eigenvalue weighted by molar-refractivity contribution is -0.141. The van der Waals surface area contributed by atoms with Crippen molar-refractivity contribution in [3.63, 3.8) is 0 Å². The fourth-order valence-electron chi connectivity index (χ4n) is 1.94. The second kappa shape index (κ2) is 5.82. The molecule has 0 spiro atoms. The fraction of sp³-hybridized carbons (Fsp3) is 0.667. The molecule has 0 bridgehead atoms. The molecule has 0 radical (unpaired) electrons. The number of carbonyl (C=O) groups excluding carboxylic acids is 1. The van der Waals surface area contributed by atoms with E-state index in [0.29, 0.717) is 5.69 Å². The highest BCUT2D eigenvalue weighted by molar-refractivity contribution is 5.77. The average molecular weight is 291 g/mol. The SMILES string of the molecule is COCC(=O)NCCn1nc(C(F)(F)F)cc1C1CC1. The predicted molar refractivity (Wildman–Crippen MR) is 64.1 cm³/mol. The highest BCUT2D eigenvalue weighted by Crippen LogP contribution is 2.41. The highest BCUT2D eigenvalue weighted by atomic mass is 19.4. The Hall–Kier alpha value is -1.57. The van der Waals surface area contributed by atoms with Crippen LogP contribution in [0, 0.1) is 0 Å². The lowest BCUT2D eigenvalue weighted by Crippen LogP contribution is -2.30. The predicted octanol–water partition coefficient (Wildman–Crippen LogP) is 1.54. The average Bonchev–Trinajstić information content (AvgIpc) is 3.09. The minimum absolute atomic E-state index is 0.0671. The molecule has 1 aliphatic rings. The van der Waals surface area contributed by atoms with Gasteiger partial charge in [0.2, 0.25) is 5.91 Å². The molecule has 1 heterocycles. The first-order chi connectivity index (χ1) is 9.41. The maximum absolute atomic E-state index is 12.7. The Kier molecular flexibility index (Phi) is 4.32. The summed E-state index contributed by atoms with van der Waals surface area (Å²) in [5, 5.41) is 6.16. The lowest BCUT2D eigenvalue weighted by Gasteiger charge is -2.08. The van der Waals surface area contributed by atoms with Crippen LogP contribution < -0.4 is 5.32 Å². The molecule has 0 aromatic carbocycles. The van der Waals surface area contributed by atoms with E-state index in [9.17, 15) is 18.0 Å². The van der Waals surface area contributed by atoms with Crippen LogP contribution in [0.1, 0.15) is 30.1 Å². The summed E-state index contributed by atoms with van der Waals surface area (Å²) in [6.45, 7) is 0.376. The van der Waals surface area contributed by atoms with Gasteiger partial charge in [-0.3, -0.25) is 9.48 Å². The van der Waals surface area contributed by atoms with E-state index in [4.69, 9.17) is 0 Å². The maximum atomic E-state index is 12.7. The number of methoxy groups -OCH3 is 1. The van der Waals surface area contributed by atoms with Crippen molar-refractivity contribution in [3.05, 3.63) is 17.5 Å². The van der Waals surface area contributed by atoms with Gasteiger partial charge in [-0.25, -0.2) is 0 Å². The smallest absolute Gasteiger partial charge is 0.375 e. The molecule has 1 saturated carbocycles. The van der Waals surface area contributed by atoms with Gasteiger partial charge in [-0.05, 0) is 18.9 Å². The Labute approximate surface area is 114 Å². The molecule has 20 heavy (non-hydrogen) atoms. The van der Waals surface area contributed by atoms with Gasteiger partial charge in [0.25, 0.3) is 0 Å². The molecule has 8 heteroatoms. The van der Waals surface area contributed by atoms with Crippen molar-refractivity contribution in [2.75, 3.05) is 20.3 Å². The molecule has 1 amide bonds. The van der Waals surface area contributed by atoms with E-state index in [-0.39, 0.29) is 31.5 Å². The van der Waals surface area contributed by atoms with E-state index in [1.165, 1.54) is 11.8 Å². The van der Waals surface area contributed by atoms with Gasteiger partial charge in [0.15, 0.2) is 5.69 Å². The van der Waals surface area contributed by atoms with E-state index in [1.54, 1.807) is 0 Å². The summed E-state index contributed by atoms with van der Waals surface area (Å²) in [4.78, 5) is 11.2. The Bertz CT molecular complexity index is 481. The fourth-order valence-corrected chi connectivity index (χ4v) is 1.94. The molecule has 0 atom stereocenters. The molecule has 1 fully saturated rings. The largest absolute Gasteiger partial charge is 0.435 e. The van der Waals surface area contributed by atoms with Gasteiger partial charge in [-0.2, -0.15) is 18.3 Å². The Morgan fingerprint density at radius 2 is 2.25 bits per heavy atom. The van der Waals surface area contributed by atoms with Crippen LogP contribution in [0.3, 0.4) is 0 Å². The van der Waals surface area contributed by atoms with Crippen LogP contribution in [0.15, 0.2) is 6.07 Å². The monoisotopic (exact) mass is 291 g/mol. The number of nitrogens with zero attached hydrogens (tertiary/aromatic N) is 2. The minimum Gasteiger partial charge on any atom is -0.375 e. The molecule has 0 unspecified atom stereocenters. The first kappa shape index (κ1) is 14.8. The van der Waals surface area contributed by atoms with Crippen LogP contribution in [-0.2, 0) is 22.3 Å². The third-order valence-electron chi connectivity index (χ3n) is 3.02. The quantitative estimate of drug-likeness (QED) is 0.865. The van der Waals surface area contributed by atoms with E-state index in [0.717, 1.165) is 18.9 Å². The van der Waals surface area contributed by atoms with Crippen molar-refractivity contribution in [3.8, 4) is 0 Å². The number of carbonyl (C=O) groups is 1. The Balaban J connectivity index is 1.99. The summed E-state index contributed by atoms with van der Waals surface area (Å²) < 4.78 is 43.9. The van der Waals surface area contributed by atoms with Crippen molar-refractivity contribution in [2.45, 2.75) is 31.5 Å². The lowest BCUT2D eigenvalue weighted by atomic mass is 10.2. The van der Waals surface area contributed by atoms with Crippen molar-refractivity contribution >= 4 is 5.91 Å². The van der Waals surface area contributed by atoms with Gasteiger partial charge in [-0.1, -0.05) is 0 Å². The van der Waals surface area contributed by atoms with Crippen molar-refractivity contribution in [1.29, 1.82) is 0 Å². The van der Waals surface area contributed by atoms with E-state index in [1.807, 2.05) is 0 Å². The second-order valence-corrected chi connectivity index (χ2v) is 4.73. The first-order valence-electron chi connectivity index (χ1n) is 6.32.